The topological polar surface area (TPSA) is 266 Å². The summed E-state index contributed by atoms with van der Waals surface area (Å²) in [6.07, 6.45) is -1.96. The average Bonchev–Trinajstić information content (AvgIpc) is 3.97. The van der Waals surface area contributed by atoms with Crippen LogP contribution in [0.2, 0.25) is 0 Å². The molecule has 4 fully saturated rings. The second-order valence-electron chi connectivity index (χ2n) is 14.3. The first-order valence-electron chi connectivity index (χ1n) is 17.7. The van der Waals surface area contributed by atoms with Crippen molar-refractivity contribution in [1.82, 2.24) is 31.1 Å². The van der Waals surface area contributed by atoms with Crippen LogP contribution in [0.4, 0.5) is 9.59 Å². The third-order valence-corrected chi connectivity index (χ3v) is 14.3. The molecule has 6 heterocycles. The van der Waals surface area contributed by atoms with Gasteiger partial charge in [0.25, 0.3) is 0 Å². The fraction of sp³-hybridized carbons (Fsp3) is 0.588. The quantitative estimate of drug-likeness (QED) is 0.0470. The minimum Gasteiger partial charge on any atom is -0.449 e. The number of piperazine rings is 2. The molecule has 8 atom stereocenters. The summed E-state index contributed by atoms with van der Waals surface area (Å²) in [6, 6.07) is -0.0663. The lowest BCUT2D eigenvalue weighted by Crippen LogP contribution is -2.55. The van der Waals surface area contributed by atoms with Gasteiger partial charge < -0.3 is 61.5 Å². The largest absolute Gasteiger partial charge is 0.449 e. The minimum absolute atomic E-state index is 0.0990. The monoisotopic (exact) mass is 786 g/mol. The predicted molar refractivity (Wildman–Crippen MR) is 193 cm³/mol. The molecular weight excluding hydrogens is 745 g/mol. The highest BCUT2D eigenvalue weighted by Crippen LogP contribution is 2.57. The number of nitrogens with two attached hydrogens (primary N) is 2. The summed E-state index contributed by atoms with van der Waals surface area (Å²) >= 11 is 0. The Balaban J connectivity index is 0.855. The van der Waals surface area contributed by atoms with E-state index in [4.69, 9.17) is 30.4 Å². The second-order valence-corrected chi connectivity index (χ2v) is 17.0. The van der Waals surface area contributed by atoms with E-state index in [1.165, 1.54) is 35.8 Å². The molecule has 4 saturated heterocycles. The van der Waals surface area contributed by atoms with Gasteiger partial charge in [-0.2, -0.15) is 0 Å². The Labute approximate surface area is 317 Å². The van der Waals surface area contributed by atoms with Crippen molar-refractivity contribution in [2.24, 2.45) is 23.3 Å². The molecule has 54 heavy (non-hydrogen) atoms. The number of allylic oxidation sites excluding steroid dienone is 4. The zero-order chi connectivity index (χ0) is 38.4. The Morgan fingerprint density at radius 3 is 1.46 bits per heavy atom. The van der Waals surface area contributed by atoms with Gasteiger partial charge in [0.2, 0.25) is 23.1 Å². The summed E-state index contributed by atoms with van der Waals surface area (Å²) in [7, 11) is 6.13. The van der Waals surface area contributed by atoms with Crippen molar-refractivity contribution >= 4 is 56.9 Å². The summed E-state index contributed by atoms with van der Waals surface area (Å²) < 4.78 is 22.4. The number of Topliss-reactive ketones (excluding diaryl/α,β-unsaturated/α-hetero) is 4. The van der Waals surface area contributed by atoms with Crippen molar-refractivity contribution in [2.75, 3.05) is 65.1 Å². The standard InChI is InChI=1S/C34H42N8O10S2/c1-13-21(27(45)19-15(11-51-31(35)47)33(49-3)29-17(39-29)9-41(33)23(19)25(13)43)37-5-7-53-54-8-6-38-22-14(2)26(44)24-20(28(22)46)16(12-52-32(36)48)34(50-4)30-18(40-30)10-42(24)34/h15-18,29-30,37-40H,5-12H2,1-4H3,(H2,35,47)(H2,36,48)/t15-,16-,17-,18-,29-,30-,33+,34+/m1/s1. The molecule has 0 radical (unpaired) electrons. The SMILES string of the molecule is CO[C@]12[C@H](COC(N)=O)C3=C(C(=O)C(C)=C(NCCSSCCNC4=C(C)C(=O)C5=C(C4=O)[C@@H](COC(N)=O)[C@]4(OC)[C@@H]6N[C@@H]6CN54)C3=O)N1C[C@H]1N[C@H]12. The summed E-state index contributed by atoms with van der Waals surface area (Å²) in [6.45, 7) is 4.57. The molecule has 0 bridgehead atoms. The van der Waals surface area contributed by atoms with E-state index in [9.17, 15) is 28.8 Å². The first kappa shape index (κ1) is 36.9. The third-order valence-electron chi connectivity index (χ3n) is 11.9. The van der Waals surface area contributed by atoms with E-state index in [0.717, 1.165) is 0 Å². The summed E-state index contributed by atoms with van der Waals surface area (Å²) in [5.74, 6) is -1.51. The molecule has 8 rings (SSSR count). The smallest absolute Gasteiger partial charge is 0.404 e. The summed E-state index contributed by atoms with van der Waals surface area (Å²) in [4.78, 5) is 82.3. The van der Waals surface area contributed by atoms with Gasteiger partial charge >= 0.3 is 12.2 Å². The van der Waals surface area contributed by atoms with E-state index in [2.05, 4.69) is 21.3 Å². The lowest BCUT2D eigenvalue weighted by molar-refractivity contribution is -0.137. The van der Waals surface area contributed by atoms with Gasteiger partial charge in [-0.15, -0.1) is 0 Å². The first-order chi connectivity index (χ1) is 25.8. The van der Waals surface area contributed by atoms with Crippen LogP contribution in [0.5, 0.6) is 0 Å². The van der Waals surface area contributed by atoms with E-state index in [0.29, 0.717) is 60.2 Å². The number of amides is 2. The predicted octanol–water partition coefficient (Wildman–Crippen LogP) is -1.65. The van der Waals surface area contributed by atoms with Crippen molar-refractivity contribution < 1.29 is 47.7 Å². The molecule has 8 aliphatic rings. The number of nitrogens with one attached hydrogen (secondary N) is 4. The van der Waals surface area contributed by atoms with E-state index in [1.54, 1.807) is 13.8 Å². The highest BCUT2D eigenvalue weighted by atomic mass is 33.1. The Bertz CT molecular complexity index is 1780. The molecule has 0 saturated carbocycles. The van der Waals surface area contributed by atoms with E-state index >= 15 is 0 Å². The molecule has 2 aliphatic carbocycles. The van der Waals surface area contributed by atoms with E-state index in [1.807, 2.05) is 9.80 Å². The summed E-state index contributed by atoms with van der Waals surface area (Å²) in [5.41, 5.74) is 10.6. The van der Waals surface area contributed by atoms with Crippen molar-refractivity contribution in [3.05, 3.63) is 45.1 Å². The van der Waals surface area contributed by atoms with Crippen molar-refractivity contribution in [2.45, 2.75) is 49.5 Å². The van der Waals surface area contributed by atoms with Gasteiger partial charge in [0.1, 0.15) is 13.2 Å². The maximum absolute atomic E-state index is 14.0. The van der Waals surface area contributed by atoms with Gasteiger partial charge in [-0.1, -0.05) is 21.6 Å². The molecule has 290 valence electrons. The number of nitrogens with zero attached hydrogens (tertiary/aromatic N) is 2. The van der Waals surface area contributed by atoms with Gasteiger partial charge in [-0.3, -0.25) is 19.2 Å². The van der Waals surface area contributed by atoms with Crippen LogP contribution >= 0.6 is 21.6 Å². The third kappa shape index (κ3) is 5.16. The van der Waals surface area contributed by atoms with E-state index in [-0.39, 0.29) is 83.1 Å². The molecule has 20 heteroatoms. The summed E-state index contributed by atoms with van der Waals surface area (Å²) in [5, 5.41) is 13.0. The van der Waals surface area contributed by atoms with Crippen LogP contribution in [0.1, 0.15) is 13.8 Å². The molecule has 0 aromatic carbocycles. The lowest BCUT2D eigenvalue weighted by atomic mass is 9.82. The van der Waals surface area contributed by atoms with Crippen molar-refractivity contribution in [3.63, 3.8) is 0 Å². The molecular formula is C34H42N8O10S2. The Hall–Kier alpha value is -4.08. The maximum atomic E-state index is 14.0. The number of fused-ring (bicyclic) bond motifs is 8. The van der Waals surface area contributed by atoms with Crippen LogP contribution in [0.25, 0.3) is 0 Å². The highest BCUT2D eigenvalue weighted by molar-refractivity contribution is 8.76. The van der Waals surface area contributed by atoms with Crippen molar-refractivity contribution in [3.8, 4) is 0 Å². The molecule has 0 spiro atoms. The van der Waals surface area contributed by atoms with Gasteiger partial charge in [0, 0.05) is 86.3 Å². The van der Waals surface area contributed by atoms with Crippen LogP contribution in [-0.2, 0) is 38.1 Å². The number of ketones is 4. The van der Waals surface area contributed by atoms with Crippen LogP contribution < -0.4 is 32.7 Å². The minimum atomic E-state index is -1.05. The zero-order valence-electron chi connectivity index (χ0n) is 30.1. The molecule has 0 aromatic rings. The molecule has 0 aromatic heterocycles. The molecule has 0 unspecified atom stereocenters. The highest BCUT2D eigenvalue weighted by Gasteiger charge is 2.74. The zero-order valence-corrected chi connectivity index (χ0v) is 31.7. The van der Waals surface area contributed by atoms with E-state index < -0.39 is 35.5 Å². The Kier molecular flexibility index (Phi) is 9.08. The van der Waals surface area contributed by atoms with Gasteiger partial charge in [-0.25, -0.2) is 9.59 Å². The average molecular weight is 787 g/mol. The second kappa shape index (κ2) is 13.3. The number of hydrogen-bond acceptors (Lipinski definition) is 18. The number of carbonyl (C=O) groups excluding carboxylic acids is 6. The number of primary amides is 2. The van der Waals surface area contributed by atoms with Crippen LogP contribution in [-0.4, -0.2) is 146 Å². The number of methoxy groups -OCH3 is 2. The van der Waals surface area contributed by atoms with Crippen molar-refractivity contribution in [1.29, 1.82) is 0 Å². The molecule has 18 nitrogen and oxygen atoms in total. The molecule has 2 amide bonds. The first-order valence-corrected chi connectivity index (χ1v) is 20.2. The fourth-order valence-corrected chi connectivity index (χ4v) is 11.4. The molecule has 8 N–H and O–H groups in total. The van der Waals surface area contributed by atoms with Crippen LogP contribution in [0.3, 0.4) is 0 Å². The lowest BCUT2D eigenvalue weighted by Gasteiger charge is -2.39. The number of hydrogen-bond donors (Lipinski definition) is 6. The normalized spacial score (nSPS) is 34.2. The number of carbonyl (C=O) groups is 6. The fourth-order valence-electron chi connectivity index (χ4n) is 9.56. The number of rotatable bonds is 15. The van der Waals surface area contributed by atoms with Gasteiger partial charge in [-0.05, 0) is 13.8 Å². The Morgan fingerprint density at radius 2 is 1.11 bits per heavy atom. The van der Waals surface area contributed by atoms with Gasteiger partial charge in [0.15, 0.2) is 11.4 Å². The Morgan fingerprint density at radius 1 is 0.722 bits per heavy atom. The van der Waals surface area contributed by atoms with Crippen LogP contribution in [0, 0.1) is 11.8 Å². The number of ether oxygens (including phenoxy) is 4. The molecule has 6 aliphatic heterocycles. The van der Waals surface area contributed by atoms with Gasteiger partial charge in [0.05, 0.1) is 46.7 Å². The van der Waals surface area contributed by atoms with Crippen LogP contribution in [0.15, 0.2) is 45.1 Å². The maximum Gasteiger partial charge on any atom is 0.404 e.